The predicted molar refractivity (Wildman–Crippen MR) is 102 cm³/mol. The maximum absolute atomic E-state index is 12.5. The molecule has 1 atom stereocenters. The number of carbonyl (C=O) groups excluding carboxylic acids is 2. The molecule has 0 bridgehead atoms. The second-order valence-corrected chi connectivity index (χ2v) is 6.99. The molecule has 0 radical (unpaired) electrons. The van der Waals surface area contributed by atoms with Gasteiger partial charge in [0.25, 0.3) is 5.91 Å². The Labute approximate surface area is 156 Å². The number of benzene rings is 1. The smallest absolute Gasteiger partial charge is 0.349 e. The van der Waals surface area contributed by atoms with Crippen LogP contribution in [0, 0.1) is 0 Å². The fourth-order valence-electron chi connectivity index (χ4n) is 2.78. The highest BCUT2D eigenvalue weighted by molar-refractivity contribution is 7.18. The van der Waals surface area contributed by atoms with Gasteiger partial charge in [-0.05, 0) is 18.6 Å². The number of morpholine rings is 1. The number of rotatable bonds is 5. The molecule has 2 heterocycles. The molecule has 0 spiro atoms. The van der Waals surface area contributed by atoms with Crippen LogP contribution in [0.1, 0.15) is 16.6 Å². The lowest BCUT2D eigenvalue weighted by Gasteiger charge is -2.28. The minimum atomic E-state index is -0.832. The van der Waals surface area contributed by atoms with E-state index in [9.17, 15) is 9.59 Å². The molecule has 138 valence electrons. The summed E-state index contributed by atoms with van der Waals surface area (Å²) in [7, 11) is 1.52. The van der Waals surface area contributed by atoms with Crippen molar-refractivity contribution < 1.29 is 19.1 Å². The van der Waals surface area contributed by atoms with E-state index in [1.807, 2.05) is 36.4 Å². The Balaban J connectivity index is 1.90. The number of hydrogen-bond acceptors (Lipinski definition) is 6. The molecular weight excluding hydrogens is 352 g/mol. The largest absolute Gasteiger partial charge is 0.448 e. The van der Waals surface area contributed by atoms with Gasteiger partial charge in [0, 0.05) is 25.7 Å². The molecule has 7 heteroatoms. The Bertz CT molecular complexity index is 769. The maximum atomic E-state index is 12.5. The Morgan fingerprint density at radius 1 is 1.23 bits per heavy atom. The van der Waals surface area contributed by atoms with Gasteiger partial charge in [0.05, 0.1) is 18.2 Å². The van der Waals surface area contributed by atoms with E-state index < -0.39 is 12.1 Å². The van der Waals surface area contributed by atoms with E-state index in [2.05, 4.69) is 10.2 Å². The van der Waals surface area contributed by atoms with Gasteiger partial charge in [0.1, 0.15) is 4.88 Å². The summed E-state index contributed by atoms with van der Waals surface area (Å²) in [6.07, 6.45) is -0.832. The van der Waals surface area contributed by atoms with E-state index in [1.165, 1.54) is 18.4 Å². The van der Waals surface area contributed by atoms with Gasteiger partial charge in [0.15, 0.2) is 6.10 Å². The summed E-state index contributed by atoms with van der Waals surface area (Å²) in [5.74, 6) is -0.811. The summed E-state index contributed by atoms with van der Waals surface area (Å²) in [5, 5.41) is 3.51. The third-order valence-corrected chi connectivity index (χ3v) is 5.37. The highest BCUT2D eigenvalue weighted by atomic mass is 32.1. The van der Waals surface area contributed by atoms with Crippen LogP contribution in [0.3, 0.4) is 0 Å². The quantitative estimate of drug-likeness (QED) is 0.815. The van der Waals surface area contributed by atoms with Crippen LogP contribution in [0.2, 0.25) is 0 Å². The summed E-state index contributed by atoms with van der Waals surface area (Å²) in [4.78, 5) is 26.9. The number of anilines is 1. The van der Waals surface area contributed by atoms with Gasteiger partial charge in [-0.25, -0.2) is 4.79 Å². The summed E-state index contributed by atoms with van der Waals surface area (Å²) in [5.41, 5.74) is 2.04. The van der Waals surface area contributed by atoms with Crippen LogP contribution in [-0.2, 0) is 14.3 Å². The normalized spacial score (nSPS) is 15.4. The molecule has 1 aliphatic heterocycles. The number of likely N-dealkylation sites (N-methyl/N-ethyl adjacent to an activating group) is 1. The first-order chi connectivity index (χ1) is 12.6. The highest BCUT2D eigenvalue weighted by Gasteiger charge is 2.24. The Kier molecular flexibility index (Phi) is 5.90. The standard InChI is InChI=1S/C19H22N2O4S/c1-13(17(22)20-2)25-19(23)16-12-15(14-6-4-3-5-7-14)18(26-16)21-8-10-24-11-9-21/h3-7,12-13H,8-11H2,1-2H3,(H,20,22)/t13-/m1/s1. The number of amides is 1. The Morgan fingerprint density at radius 2 is 1.92 bits per heavy atom. The number of thiophene rings is 1. The van der Waals surface area contributed by atoms with Gasteiger partial charge >= 0.3 is 5.97 Å². The molecule has 2 aromatic rings. The van der Waals surface area contributed by atoms with Crippen molar-refractivity contribution in [2.45, 2.75) is 13.0 Å². The number of esters is 1. The minimum Gasteiger partial charge on any atom is -0.448 e. The molecule has 1 fully saturated rings. The average Bonchev–Trinajstić information content (AvgIpc) is 3.14. The second-order valence-electron chi connectivity index (χ2n) is 5.96. The number of ether oxygens (including phenoxy) is 2. The Morgan fingerprint density at radius 3 is 2.58 bits per heavy atom. The van der Waals surface area contributed by atoms with Crippen molar-refractivity contribution in [2.75, 3.05) is 38.3 Å². The topological polar surface area (TPSA) is 67.9 Å². The van der Waals surface area contributed by atoms with E-state index in [4.69, 9.17) is 9.47 Å². The summed E-state index contributed by atoms with van der Waals surface area (Å²) >= 11 is 1.39. The fourth-order valence-corrected chi connectivity index (χ4v) is 3.90. The van der Waals surface area contributed by atoms with Crippen molar-refractivity contribution in [3.63, 3.8) is 0 Å². The first-order valence-electron chi connectivity index (χ1n) is 8.54. The van der Waals surface area contributed by atoms with E-state index >= 15 is 0 Å². The summed E-state index contributed by atoms with van der Waals surface area (Å²) in [6, 6.07) is 11.8. The van der Waals surface area contributed by atoms with Gasteiger partial charge in [-0.1, -0.05) is 30.3 Å². The van der Waals surface area contributed by atoms with Gasteiger partial charge in [-0.3, -0.25) is 4.79 Å². The number of nitrogens with zero attached hydrogens (tertiary/aromatic N) is 1. The maximum Gasteiger partial charge on any atom is 0.349 e. The van der Waals surface area contributed by atoms with Crippen molar-refractivity contribution in [3.05, 3.63) is 41.3 Å². The molecule has 1 aromatic heterocycles. The van der Waals surface area contributed by atoms with Crippen molar-refractivity contribution in [1.82, 2.24) is 5.32 Å². The predicted octanol–water partition coefficient (Wildman–Crippen LogP) is 2.54. The molecule has 1 saturated heterocycles. The number of carbonyl (C=O) groups is 2. The molecule has 0 saturated carbocycles. The lowest BCUT2D eigenvalue weighted by Crippen LogP contribution is -2.35. The van der Waals surface area contributed by atoms with Crippen molar-refractivity contribution in [3.8, 4) is 11.1 Å². The molecule has 0 aliphatic carbocycles. The van der Waals surface area contributed by atoms with Crippen LogP contribution in [0.5, 0.6) is 0 Å². The van der Waals surface area contributed by atoms with Gasteiger partial charge in [0.2, 0.25) is 0 Å². The molecule has 1 aromatic carbocycles. The van der Waals surface area contributed by atoms with Crippen molar-refractivity contribution in [1.29, 1.82) is 0 Å². The zero-order valence-electron chi connectivity index (χ0n) is 14.9. The number of nitrogens with one attached hydrogen (secondary N) is 1. The van der Waals surface area contributed by atoms with Gasteiger partial charge < -0.3 is 19.7 Å². The van der Waals surface area contributed by atoms with Crippen molar-refractivity contribution in [2.24, 2.45) is 0 Å². The van der Waals surface area contributed by atoms with Crippen LogP contribution in [0.15, 0.2) is 36.4 Å². The van der Waals surface area contributed by atoms with Crippen LogP contribution in [0.25, 0.3) is 11.1 Å². The lowest BCUT2D eigenvalue weighted by atomic mass is 10.1. The molecule has 3 rings (SSSR count). The first-order valence-corrected chi connectivity index (χ1v) is 9.36. The zero-order chi connectivity index (χ0) is 18.5. The van der Waals surface area contributed by atoms with Gasteiger partial charge in [-0.15, -0.1) is 11.3 Å². The fraction of sp³-hybridized carbons (Fsp3) is 0.368. The molecule has 1 N–H and O–H groups in total. The van der Waals surface area contributed by atoms with Crippen LogP contribution in [-0.4, -0.2) is 51.3 Å². The van der Waals surface area contributed by atoms with Crippen LogP contribution in [0.4, 0.5) is 5.00 Å². The van der Waals surface area contributed by atoms with Crippen LogP contribution < -0.4 is 10.2 Å². The second kappa shape index (κ2) is 8.33. The molecule has 26 heavy (non-hydrogen) atoms. The SMILES string of the molecule is CNC(=O)[C@@H](C)OC(=O)c1cc(-c2ccccc2)c(N2CCOCC2)s1. The molecule has 6 nitrogen and oxygen atoms in total. The third kappa shape index (κ3) is 4.05. The Hall–Kier alpha value is -2.38. The van der Waals surface area contributed by atoms with E-state index in [1.54, 1.807) is 6.92 Å². The van der Waals surface area contributed by atoms with Crippen LogP contribution >= 0.6 is 11.3 Å². The summed E-state index contributed by atoms with van der Waals surface area (Å²) < 4.78 is 10.7. The molecule has 1 aliphatic rings. The number of hydrogen-bond donors (Lipinski definition) is 1. The molecular formula is C19H22N2O4S. The lowest BCUT2D eigenvalue weighted by molar-refractivity contribution is -0.128. The highest BCUT2D eigenvalue weighted by Crippen LogP contribution is 2.39. The molecule has 0 unspecified atom stereocenters. The monoisotopic (exact) mass is 374 g/mol. The molecule has 1 amide bonds. The first kappa shape index (κ1) is 18.4. The van der Waals surface area contributed by atoms with E-state index in [0.29, 0.717) is 18.1 Å². The minimum absolute atomic E-state index is 0.327. The summed E-state index contributed by atoms with van der Waals surface area (Å²) in [6.45, 7) is 4.46. The van der Waals surface area contributed by atoms with Gasteiger partial charge in [-0.2, -0.15) is 0 Å². The van der Waals surface area contributed by atoms with E-state index in [0.717, 1.165) is 29.2 Å². The van der Waals surface area contributed by atoms with Crippen molar-refractivity contribution >= 4 is 28.2 Å². The third-order valence-electron chi connectivity index (χ3n) is 4.20. The van der Waals surface area contributed by atoms with E-state index in [-0.39, 0.29) is 5.91 Å². The zero-order valence-corrected chi connectivity index (χ0v) is 15.7. The average molecular weight is 374 g/mol.